The average molecular weight is 348 g/mol. The van der Waals surface area contributed by atoms with Crippen LogP contribution in [0.4, 0.5) is 8.78 Å². The summed E-state index contributed by atoms with van der Waals surface area (Å²) in [6.07, 6.45) is -0.501. The summed E-state index contributed by atoms with van der Waals surface area (Å²) in [5.41, 5.74) is -0.580. The van der Waals surface area contributed by atoms with Gasteiger partial charge in [0.15, 0.2) is 0 Å². The molecule has 0 saturated heterocycles. The van der Waals surface area contributed by atoms with E-state index in [1.165, 1.54) is 6.07 Å². The van der Waals surface area contributed by atoms with Crippen molar-refractivity contribution in [1.29, 1.82) is 5.26 Å². The standard InChI is InChI=1S/C13H14F2N2O5S/c1-3-20-13(21-4-2)17-23(18,19)11-7-5-6-10(9(11)8-16)22-12(14)15/h5-7,12H,3-4H2,1-2H3. The molecule has 0 fully saturated rings. The van der Waals surface area contributed by atoms with E-state index >= 15 is 0 Å². The Morgan fingerprint density at radius 1 is 1.30 bits per heavy atom. The third-order valence-electron chi connectivity index (χ3n) is 2.32. The van der Waals surface area contributed by atoms with Crippen LogP contribution in [0.2, 0.25) is 0 Å². The molecule has 0 N–H and O–H groups in total. The molecule has 23 heavy (non-hydrogen) atoms. The minimum atomic E-state index is -4.41. The second kappa shape index (κ2) is 8.28. The monoisotopic (exact) mass is 348 g/mol. The van der Waals surface area contributed by atoms with Crippen LogP contribution in [0.3, 0.4) is 0 Å². The van der Waals surface area contributed by atoms with Crippen molar-refractivity contribution in [1.82, 2.24) is 0 Å². The van der Waals surface area contributed by atoms with Crippen LogP contribution < -0.4 is 4.74 Å². The van der Waals surface area contributed by atoms with Crippen molar-refractivity contribution in [3.05, 3.63) is 23.8 Å². The van der Waals surface area contributed by atoms with Crippen LogP contribution in [0.5, 0.6) is 5.75 Å². The van der Waals surface area contributed by atoms with Crippen LogP contribution >= 0.6 is 0 Å². The molecule has 1 aromatic carbocycles. The molecule has 1 aromatic rings. The second-order valence-electron chi connectivity index (χ2n) is 3.82. The van der Waals surface area contributed by atoms with Gasteiger partial charge in [-0.1, -0.05) is 10.5 Å². The van der Waals surface area contributed by atoms with Gasteiger partial charge in [0.25, 0.3) is 10.0 Å². The van der Waals surface area contributed by atoms with E-state index in [9.17, 15) is 17.2 Å². The first-order valence-corrected chi connectivity index (χ1v) is 7.88. The third kappa shape index (κ3) is 5.07. The summed E-state index contributed by atoms with van der Waals surface area (Å²) in [6.45, 7) is 0.200. The van der Waals surface area contributed by atoms with Gasteiger partial charge < -0.3 is 14.2 Å². The van der Waals surface area contributed by atoms with Gasteiger partial charge in [-0.3, -0.25) is 0 Å². The third-order valence-corrected chi connectivity index (χ3v) is 3.61. The van der Waals surface area contributed by atoms with Crippen molar-refractivity contribution in [2.45, 2.75) is 25.4 Å². The van der Waals surface area contributed by atoms with Crippen molar-refractivity contribution in [2.75, 3.05) is 13.2 Å². The van der Waals surface area contributed by atoms with E-state index < -0.39 is 38.9 Å². The zero-order valence-corrected chi connectivity index (χ0v) is 13.1. The Hall–Kier alpha value is -2.41. The highest BCUT2D eigenvalue weighted by Gasteiger charge is 2.24. The Morgan fingerprint density at radius 3 is 2.39 bits per heavy atom. The molecule has 0 aromatic heterocycles. The van der Waals surface area contributed by atoms with Crippen molar-refractivity contribution >= 4 is 16.1 Å². The van der Waals surface area contributed by atoms with E-state index in [1.54, 1.807) is 13.8 Å². The summed E-state index contributed by atoms with van der Waals surface area (Å²) < 4.78 is 66.5. The molecule has 0 bridgehead atoms. The molecule has 0 amide bonds. The summed E-state index contributed by atoms with van der Waals surface area (Å²) in [6, 6.07) is 4.78. The lowest BCUT2D eigenvalue weighted by molar-refractivity contribution is -0.0502. The number of hydrogen-bond acceptors (Lipinski definition) is 6. The van der Waals surface area contributed by atoms with Crippen molar-refractivity contribution < 1.29 is 31.4 Å². The largest absolute Gasteiger partial charge is 0.450 e. The SMILES string of the molecule is CCOC(=NS(=O)(=O)c1cccc(OC(F)F)c1C#N)OCC. The van der Waals surface area contributed by atoms with Gasteiger partial charge in [0.1, 0.15) is 22.3 Å². The second-order valence-corrected chi connectivity index (χ2v) is 5.39. The Bertz CT molecular complexity index is 706. The van der Waals surface area contributed by atoms with E-state index in [4.69, 9.17) is 14.7 Å². The fourth-order valence-corrected chi connectivity index (χ4v) is 2.57. The number of nitriles is 1. The van der Waals surface area contributed by atoms with Crippen LogP contribution in [-0.4, -0.2) is 34.3 Å². The topological polar surface area (TPSA) is 98.0 Å². The number of halogens is 2. The van der Waals surface area contributed by atoms with Gasteiger partial charge in [-0.05, 0) is 26.0 Å². The van der Waals surface area contributed by atoms with Gasteiger partial charge in [-0.25, -0.2) is 0 Å². The highest BCUT2D eigenvalue weighted by molar-refractivity contribution is 7.90. The molecule has 0 saturated carbocycles. The lowest BCUT2D eigenvalue weighted by Gasteiger charge is -2.10. The van der Waals surface area contributed by atoms with E-state index in [0.29, 0.717) is 0 Å². The maximum atomic E-state index is 12.3. The van der Waals surface area contributed by atoms with Crippen molar-refractivity contribution in [3.8, 4) is 11.8 Å². The Morgan fingerprint density at radius 2 is 1.91 bits per heavy atom. The molecule has 0 heterocycles. The molecule has 0 aliphatic heterocycles. The zero-order chi connectivity index (χ0) is 17.5. The Balaban J connectivity index is 3.38. The first kappa shape index (κ1) is 18.6. The molecule has 0 aliphatic carbocycles. The zero-order valence-electron chi connectivity index (χ0n) is 12.3. The van der Waals surface area contributed by atoms with Gasteiger partial charge in [0, 0.05) is 0 Å². The van der Waals surface area contributed by atoms with Crippen LogP contribution in [0.1, 0.15) is 19.4 Å². The van der Waals surface area contributed by atoms with Gasteiger partial charge in [0.2, 0.25) is 0 Å². The molecule has 1 rings (SSSR count). The Labute approximate surface area is 132 Å². The lowest BCUT2D eigenvalue weighted by Crippen LogP contribution is -2.14. The van der Waals surface area contributed by atoms with Gasteiger partial charge >= 0.3 is 12.7 Å². The summed E-state index contributed by atoms with van der Waals surface area (Å²) in [4.78, 5) is -0.588. The van der Waals surface area contributed by atoms with Crippen LogP contribution in [0, 0.1) is 11.3 Å². The molecule has 10 heteroatoms. The van der Waals surface area contributed by atoms with Gasteiger partial charge in [-0.2, -0.15) is 22.5 Å². The van der Waals surface area contributed by atoms with Gasteiger partial charge in [0.05, 0.1) is 13.2 Å². The Kier molecular flexibility index (Phi) is 6.71. The quantitative estimate of drug-likeness (QED) is 0.578. The number of alkyl halides is 2. The van der Waals surface area contributed by atoms with E-state index in [0.717, 1.165) is 18.2 Å². The summed E-state index contributed by atoms with van der Waals surface area (Å²) in [7, 11) is -4.41. The molecule has 0 aliphatic rings. The first-order chi connectivity index (χ1) is 10.9. The van der Waals surface area contributed by atoms with E-state index in [1.807, 2.05) is 0 Å². The van der Waals surface area contributed by atoms with Crippen molar-refractivity contribution in [3.63, 3.8) is 0 Å². The maximum Gasteiger partial charge on any atom is 0.399 e. The van der Waals surface area contributed by atoms with Crippen molar-refractivity contribution in [2.24, 2.45) is 4.40 Å². The summed E-state index contributed by atoms with van der Waals surface area (Å²) in [5.74, 6) is -0.562. The smallest absolute Gasteiger partial charge is 0.399 e. The molecular formula is C13H14F2N2O5S. The molecule has 0 atom stereocenters. The number of nitrogens with zero attached hydrogens (tertiary/aromatic N) is 2. The minimum Gasteiger partial charge on any atom is -0.450 e. The highest BCUT2D eigenvalue weighted by atomic mass is 32.2. The van der Waals surface area contributed by atoms with E-state index in [2.05, 4.69) is 9.13 Å². The maximum absolute atomic E-state index is 12.3. The highest BCUT2D eigenvalue weighted by Crippen LogP contribution is 2.27. The fraction of sp³-hybridized carbons (Fsp3) is 0.385. The molecule has 0 spiro atoms. The van der Waals surface area contributed by atoms with Crippen LogP contribution in [0.15, 0.2) is 27.5 Å². The predicted molar refractivity (Wildman–Crippen MR) is 75.7 cm³/mol. The number of benzene rings is 1. The summed E-state index contributed by atoms with van der Waals surface area (Å²) >= 11 is 0. The predicted octanol–water partition coefficient (Wildman–Crippen LogP) is 2.28. The molecular weight excluding hydrogens is 334 g/mol. The molecule has 7 nitrogen and oxygen atoms in total. The van der Waals surface area contributed by atoms with Crippen LogP contribution in [-0.2, 0) is 19.5 Å². The first-order valence-electron chi connectivity index (χ1n) is 6.44. The number of ether oxygens (including phenoxy) is 3. The van der Waals surface area contributed by atoms with E-state index in [-0.39, 0.29) is 13.2 Å². The minimum absolute atomic E-state index is 0.105. The molecule has 0 radical (unpaired) electrons. The van der Waals surface area contributed by atoms with Gasteiger partial charge in [-0.15, -0.1) is 0 Å². The number of sulfonamides is 1. The van der Waals surface area contributed by atoms with Crippen LogP contribution in [0.25, 0.3) is 0 Å². The normalized spacial score (nSPS) is 10.8. The number of hydrogen-bond donors (Lipinski definition) is 0. The lowest BCUT2D eigenvalue weighted by atomic mass is 10.2. The fourth-order valence-electron chi connectivity index (χ4n) is 1.52. The molecule has 0 unspecified atom stereocenters. The molecule has 126 valence electrons. The average Bonchev–Trinajstić information content (AvgIpc) is 2.46. The number of rotatable bonds is 6. The summed E-state index contributed by atoms with van der Waals surface area (Å²) in [5, 5.41) is 9.07.